The second kappa shape index (κ2) is 12.4. The topological polar surface area (TPSA) is 129 Å². The molecule has 3 N–H and O–H groups in total. The fraction of sp³-hybridized carbons (Fsp3) is 0.346. The molecule has 2 aromatic carbocycles. The third-order valence-electron chi connectivity index (χ3n) is 5.84. The Balaban J connectivity index is 0.000000203. The average molecular weight is 479 g/mol. The molecule has 0 radical (unpaired) electrons. The van der Waals surface area contributed by atoms with E-state index >= 15 is 0 Å². The number of benzene rings is 2. The number of aliphatic carboxylic acids is 1. The standard InChI is InChI=1S/C15H20N4O.C11H10O4/c16-12-13-3-5-14(6-4-13)19-10-8-18(9-11-19)7-1-2-15(17)20;1-14-9-2-3-10-7(5-9)4-8(6-15-10)11(12)13/h3-6H,1-2,7-11H2,(H2,17,20);2-5H,6H2,1H3,(H,12,13). The molecule has 2 aliphatic heterocycles. The number of carbonyl (C=O) groups is 2. The summed E-state index contributed by atoms with van der Waals surface area (Å²) in [7, 11) is 1.56. The van der Waals surface area contributed by atoms with E-state index in [1.807, 2.05) is 24.3 Å². The smallest absolute Gasteiger partial charge is 0.335 e. The second-order valence-electron chi connectivity index (χ2n) is 8.22. The van der Waals surface area contributed by atoms with Gasteiger partial charge in [-0.25, -0.2) is 4.79 Å². The summed E-state index contributed by atoms with van der Waals surface area (Å²) in [6.45, 7) is 4.99. The molecule has 2 aliphatic rings. The molecule has 4 rings (SSSR count). The molecule has 1 saturated heterocycles. The van der Waals surface area contributed by atoms with Crippen LogP contribution < -0.4 is 20.1 Å². The number of carboxylic acid groups (broad SMARTS) is 1. The Labute approximate surface area is 204 Å². The van der Waals surface area contributed by atoms with Crippen molar-refractivity contribution in [3.8, 4) is 17.6 Å². The summed E-state index contributed by atoms with van der Waals surface area (Å²) in [5, 5.41) is 17.6. The number of hydrogen-bond acceptors (Lipinski definition) is 7. The van der Waals surface area contributed by atoms with Crippen LogP contribution in [0.3, 0.4) is 0 Å². The van der Waals surface area contributed by atoms with E-state index in [2.05, 4.69) is 15.9 Å². The van der Waals surface area contributed by atoms with Crippen molar-refractivity contribution in [2.24, 2.45) is 5.73 Å². The highest BCUT2D eigenvalue weighted by Gasteiger charge is 2.17. The second-order valence-corrected chi connectivity index (χ2v) is 8.22. The molecule has 1 amide bonds. The maximum Gasteiger partial charge on any atom is 0.335 e. The van der Waals surface area contributed by atoms with Gasteiger partial charge in [0.05, 0.1) is 24.3 Å². The lowest BCUT2D eigenvalue weighted by Gasteiger charge is -2.36. The van der Waals surface area contributed by atoms with Crippen molar-refractivity contribution in [3.63, 3.8) is 0 Å². The zero-order valence-electron chi connectivity index (χ0n) is 19.8. The quantitative estimate of drug-likeness (QED) is 0.621. The van der Waals surface area contributed by atoms with Crippen LogP contribution in [-0.4, -0.2) is 68.3 Å². The first-order valence-electron chi connectivity index (χ1n) is 11.4. The third-order valence-corrected chi connectivity index (χ3v) is 5.84. The molecule has 2 heterocycles. The minimum atomic E-state index is -0.955. The van der Waals surface area contributed by atoms with Gasteiger partial charge in [-0.3, -0.25) is 9.69 Å². The van der Waals surface area contributed by atoms with Gasteiger partial charge in [-0.1, -0.05) is 0 Å². The van der Waals surface area contributed by atoms with E-state index in [0.29, 0.717) is 23.5 Å². The normalized spacial score (nSPS) is 14.9. The first-order chi connectivity index (χ1) is 16.9. The molecular formula is C26H30N4O5. The summed E-state index contributed by atoms with van der Waals surface area (Å²) in [5.41, 5.74) is 7.98. The third kappa shape index (κ3) is 7.48. The maximum atomic E-state index is 10.7. The summed E-state index contributed by atoms with van der Waals surface area (Å²) in [5.74, 6) is 0.186. The van der Waals surface area contributed by atoms with Crippen LogP contribution in [0.5, 0.6) is 11.5 Å². The van der Waals surface area contributed by atoms with E-state index in [-0.39, 0.29) is 18.1 Å². The fourth-order valence-corrected chi connectivity index (χ4v) is 3.86. The molecule has 0 atom stereocenters. The lowest BCUT2D eigenvalue weighted by atomic mass is 10.1. The Hall–Kier alpha value is -4.03. The number of rotatable bonds is 7. The van der Waals surface area contributed by atoms with Gasteiger partial charge >= 0.3 is 5.97 Å². The molecule has 2 aromatic rings. The summed E-state index contributed by atoms with van der Waals surface area (Å²) >= 11 is 0. The van der Waals surface area contributed by atoms with Crippen LogP contribution in [0.1, 0.15) is 24.0 Å². The molecule has 0 saturated carbocycles. The van der Waals surface area contributed by atoms with E-state index in [9.17, 15) is 9.59 Å². The monoisotopic (exact) mass is 478 g/mol. The van der Waals surface area contributed by atoms with E-state index < -0.39 is 5.97 Å². The van der Waals surface area contributed by atoms with Gasteiger partial charge in [-0.2, -0.15) is 5.26 Å². The number of methoxy groups -OCH3 is 1. The number of amides is 1. The van der Waals surface area contributed by atoms with Gasteiger partial charge < -0.3 is 25.2 Å². The Morgan fingerprint density at radius 3 is 2.46 bits per heavy atom. The summed E-state index contributed by atoms with van der Waals surface area (Å²) in [4.78, 5) is 26.1. The van der Waals surface area contributed by atoms with Gasteiger partial charge in [-0.15, -0.1) is 0 Å². The molecule has 0 spiro atoms. The summed E-state index contributed by atoms with van der Waals surface area (Å²) < 4.78 is 10.3. The number of nitrogens with zero attached hydrogens (tertiary/aromatic N) is 3. The van der Waals surface area contributed by atoms with Crippen molar-refractivity contribution in [1.82, 2.24) is 4.90 Å². The van der Waals surface area contributed by atoms with E-state index in [4.69, 9.17) is 25.6 Å². The number of piperazine rings is 1. The minimum Gasteiger partial charge on any atom is -0.497 e. The largest absolute Gasteiger partial charge is 0.497 e. The number of anilines is 1. The highest BCUT2D eigenvalue weighted by atomic mass is 16.5. The first kappa shape index (κ1) is 25.6. The summed E-state index contributed by atoms with van der Waals surface area (Å²) in [6.07, 6.45) is 2.91. The number of hydrogen-bond donors (Lipinski definition) is 2. The number of fused-ring (bicyclic) bond motifs is 1. The maximum absolute atomic E-state index is 10.7. The molecule has 0 aliphatic carbocycles. The van der Waals surface area contributed by atoms with Crippen LogP contribution in [0.15, 0.2) is 48.0 Å². The number of nitriles is 1. The molecule has 9 heteroatoms. The van der Waals surface area contributed by atoms with Crippen LogP contribution in [-0.2, 0) is 9.59 Å². The zero-order valence-corrected chi connectivity index (χ0v) is 19.8. The Kier molecular flexibility index (Phi) is 9.09. The van der Waals surface area contributed by atoms with E-state index in [0.717, 1.165) is 44.7 Å². The molecule has 0 unspecified atom stereocenters. The van der Waals surface area contributed by atoms with Crippen LogP contribution in [0.2, 0.25) is 0 Å². The van der Waals surface area contributed by atoms with Gasteiger partial charge in [0.25, 0.3) is 0 Å². The number of ether oxygens (including phenoxy) is 2. The van der Waals surface area contributed by atoms with Crippen molar-refractivity contribution in [2.75, 3.05) is 51.3 Å². The van der Waals surface area contributed by atoms with Gasteiger partial charge in [-0.05, 0) is 61.5 Å². The van der Waals surface area contributed by atoms with Gasteiger partial charge in [0.1, 0.15) is 18.1 Å². The molecule has 9 nitrogen and oxygen atoms in total. The SMILES string of the molecule is COc1ccc2c(c1)C=C(C(=O)O)CO2.N#Cc1ccc(N2CCN(CCCC(N)=O)CC2)cc1. The fourth-order valence-electron chi connectivity index (χ4n) is 3.86. The van der Waals surface area contributed by atoms with Crippen LogP contribution in [0.25, 0.3) is 6.08 Å². The Morgan fingerprint density at radius 2 is 1.86 bits per heavy atom. The van der Waals surface area contributed by atoms with E-state index in [1.165, 1.54) is 5.69 Å². The van der Waals surface area contributed by atoms with Gasteiger partial charge in [0.2, 0.25) is 5.91 Å². The van der Waals surface area contributed by atoms with Crippen molar-refractivity contribution in [2.45, 2.75) is 12.8 Å². The number of nitrogens with two attached hydrogens (primary N) is 1. The van der Waals surface area contributed by atoms with Crippen molar-refractivity contribution in [3.05, 3.63) is 59.2 Å². The van der Waals surface area contributed by atoms with Gasteiger partial charge in [0, 0.05) is 43.9 Å². The van der Waals surface area contributed by atoms with Crippen LogP contribution in [0, 0.1) is 11.3 Å². The number of carboxylic acids is 1. The van der Waals surface area contributed by atoms with Gasteiger partial charge in [0.15, 0.2) is 0 Å². The highest BCUT2D eigenvalue weighted by molar-refractivity contribution is 5.93. The first-order valence-corrected chi connectivity index (χ1v) is 11.4. The van der Waals surface area contributed by atoms with Crippen LogP contribution >= 0.6 is 0 Å². The van der Waals surface area contributed by atoms with Crippen molar-refractivity contribution < 1.29 is 24.2 Å². The number of carbonyl (C=O) groups excluding carboxylic acids is 1. The lowest BCUT2D eigenvalue weighted by Crippen LogP contribution is -2.46. The molecule has 1 fully saturated rings. The Morgan fingerprint density at radius 1 is 1.14 bits per heavy atom. The lowest BCUT2D eigenvalue weighted by molar-refractivity contribution is -0.133. The molecule has 184 valence electrons. The van der Waals surface area contributed by atoms with Crippen LogP contribution in [0.4, 0.5) is 5.69 Å². The van der Waals surface area contributed by atoms with Crippen molar-refractivity contribution in [1.29, 1.82) is 5.26 Å². The minimum absolute atomic E-state index is 0.106. The number of primary amides is 1. The molecule has 0 bridgehead atoms. The predicted octanol–water partition coefficient (Wildman–Crippen LogP) is 2.50. The molecule has 35 heavy (non-hydrogen) atoms. The summed E-state index contributed by atoms with van der Waals surface area (Å²) in [6, 6.07) is 15.1. The molecule has 0 aromatic heterocycles. The average Bonchev–Trinajstić information content (AvgIpc) is 2.88. The highest BCUT2D eigenvalue weighted by Crippen LogP contribution is 2.29. The molecular weight excluding hydrogens is 448 g/mol. The van der Waals surface area contributed by atoms with Crippen molar-refractivity contribution >= 4 is 23.6 Å². The predicted molar refractivity (Wildman–Crippen MR) is 132 cm³/mol. The van der Waals surface area contributed by atoms with E-state index in [1.54, 1.807) is 31.4 Å². The zero-order chi connectivity index (χ0) is 25.2. The Bertz CT molecular complexity index is 1100.